The van der Waals surface area contributed by atoms with Gasteiger partial charge in [-0.05, 0) is 36.2 Å². The molecule has 0 bridgehead atoms. The first-order chi connectivity index (χ1) is 9.69. The van der Waals surface area contributed by atoms with Crippen molar-refractivity contribution in [1.82, 2.24) is 15.3 Å². The predicted molar refractivity (Wildman–Crippen MR) is 84.2 cm³/mol. The van der Waals surface area contributed by atoms with Gasteiger partial charge in [0.1, 0.15) is 5.82 Å². The summed E-state index contributed by atoms with van der Waals surface area (Å²) in [6, 6.07) is 5.88. The first-order valence-electron chi connectivity index (χ1n) is 6.10. The molecule has 0 aliphatic carbocycles. The average molecular weight is 305 g/mol. The van der Waals surface area contributed by atoms with E-state index in [1.165, 1.54) is 0 Å². The van der Waals surface area contributed by atoms with Gasteiger partial charge in [-0.3, -0.25) is 4.98 Å². The molecule has 0 radical (unpaired) electrons. The van der Waals surface area contributed by atoms with Gasteiger partial charge in [0.25, 0.3) is 0 Å². The van der Waals surface area contributed by atoms with Crippen molar-refractivity contribution in [2.45, 2.75) is 6.04 Å². The second-order valence-electron chi connectivity index (χ2n) is 4.42. The Morgan fingerprint density at radius 3 is 2.95 bits per heavy atom. The van der Waals surface area contributed by atoms with Crippen molar-refractivity contribution in [1.29, 1.82) is 0 Å². The fourth-order valence-corrected chi connectivity index (χ4v) is 3.17. The summed E-state index contributed by atoms with van der Waals surface area (Å²) in [5, 5.41) is 5.85. The molecule has 1 unspecified atom stereocenters. The summed E-state index contributed by atoms with van der Waals surface area (Å²) in [7, 11) is 1.88. The molecule has 3 aromatic heterocycles. The third-order valence-corrected chi connectivity index (χ3v) is 4.23. The Kier molecular flexibility index (Phi) is 3.56. The number of nitrogen functional groups attached to an aromatic ring is 1. The van der Waals surface area contributed by atoms with Crippen LogP contribution >= 0.6 is 22.9 Å². The molecule has 3 heterocycles. The highest BCUT2D eigenvalue weighted by atomic mass is 35.5. The number of nitrogens with two attached hydrogens (primary N) is 1. The lowest BCUT2D eigenvalue weighted by molar-refractivity contribution is 0.690. The quantitative estimate of drug-likeness (QED) is 0.780. The van der Waals surface area contributed by atoms with E-state index in [1.807, 2.05) is 30.8 Å². The van der Waals surface area contributed by atoms with Gasteiger partial charge >= 0.3 is 0 Å². The molecular weight excluding hydrogens is 292 g/mol. The minimum Gasteiger partial charge on any atom is -0.383 e. The standard InChI is InChI=1S/C14H13ClN4S/c1-17-13(10-5-9(15)7-19-14(10)16)8-4-12-11(18-6-8)2-3-20-12/h2-7,13,17H,1H3,(H2,16,19). The van der Waals surface area contributed by atoms with Crippen LogP contribution in [0.25, 0.3) is 10.2 Å². The SMILES string of the molecule is CNC(c1cnc2ccsc2c1)c1cc(Cl)cnc1N. The van der Waals surface area contributed by atoms with Crippen LogP contribution in [0.1, 0.15) is 17.2 Å². The lowest BCUT2D eigenvalue weighted by Gasteiger charge is -2.18. The van der Waals surface area contributed by atoms with Gasteiger partial charge in [0.05, 0.1) is 21.3 Å². The fraction of sp³-hybridized carbons (Fsp3) is 0.143. The van der Waals surface area contributed by atoms with Crippen LogP contribution in [-0.4, -0.2) is 17.0 Å². The van der Waals surface area contributed by atoms with Crippen LogP contribution in [0.15, 0.2) is 36.0 Å². The first-order valence-corrected chi connectivity index (χ1v) is 7.36. The molecule has 20 heavy (non-hydrogen) atoms. The zero-order valence-electron chi connectivity index (χ0n) is 10.8. The molecule has 4 nitrogen and oxygen atoms in total. The molecule has 0 aliphatic heterocycles. The molecule has 0 saturated heterocycles. The van der Waals surface area contributed by atoms with Crippen molar-refractivity contribution in [2.24, 2.45) is 0 Å². The molecule has 1 atom stereocenters. The van der Waals surface area contributed by atoms with Crippen molar-refractivity contribution < 1.29 is 0 Å². The predicted octanol–water partition coefficient (Wildman–Crippen LogP) is 3.24. The molecule has 0 aliphatic rings. The number of anilines is 1. The maximum absolute atomic E-state index is 6.02. The third kappa shape index (κ3) is 2.35. The van der Waals surface area contributed by atoms with Gasteiger partial charge in [0.15, 0.2) is 0 Å². The Morgan fingerprint density at radius 1 is 1.30 bits per heavy atom. The van der Waals surface area contributed by atoms with E-state index in [-0.39, 0.29) is 6.04 Å². The largest absolute Gasteiger partial charge is 0.383 e. The van der Waals surface area contributed by atoms with Crippen molar-refractivity contribution in [3.8, 4) is 0 Å². The number of rotatable bonds is 3. The number of thiophene rings is 1. The summed E-state index contributed by atoms with van der Waals surface area (Å²) < 4.78 is 1.15. The van der Waals surface area contributed by atoms with Crippen LogP contribution < -0.4 is 11.1 Å². The Balaban J connectivity index is 2.10. The second kappa shape index (κ2) is 5.36. The summed E-state index contributed by atoms with van der Waals surface area (Å²) >= 11 is 7.69. The lowest BCUT2D eigenvalue weighted by Crippen LogP contribution is -2.19. The number of hydrogen-bond donors (Lipinski definition) is 2. The molecule has 0 fully saturated rings. The molecule has 0 amide bonds. The van der Waals surface area contributed by atoms with E-state index in [4.69, 9.17) is 17.3 Å². The third-order valence-electron chi connectivity index (χ3n) is 3.17. The zero-order valence-corrected chi connectivity index (χ0v) is 12.4. The van der Waals surface area contributed by atoms with Crippen LogP contribution in [0.2, 0.25) is 5.02 Å². The van der Waals surface area contributed by atoms with E-state index in [0.29, 0.717) is 10.8 Å². The molecule has 102 valence electrons. The summed E-state index contributed by atoms with van der Waals surface area (Å²) in [6.07, 6.45) is 3.41. The first kappa shape index (κ1) is 13.3. The van der Waals surface area contributed by atoms with Gasteiger partial charge in [-0.25, -0.2) is 4.98 Å². The van der Waals surface area contributed by atoms with Gasteiger partial charge in [-0.15, -0.1) is 11.3 Å². The van der Waals surface area contributed by atoms with Crippen LogP contribution in [0.3, 0.4) is 0 Å². The van der Waals surface area contributed by atoms with Crippen LogP contribution in [0.5, 0.6) is 0 Å². The average Bonchev–Trinajstić information content (AvgIpc) is 2.91. The molecule has 0 saturated carbocycles. The molecule has 3 rings (SSSR count). The minimum absolute atomic E-state index is 0.0831. The number of aromatic nitrogens is 2. The Morgan fingerprint density at radius 2 is 2.15 bits per heavy atom. The van der Waals surface area contributed by atoms with Gasteiger partial charge in [0.2, 0.25) is 0 Å². The molecular formula is C14H13ClN4S. The molecule has 3 N–H and O–H groups in total. The van der Waals surface area contributed by atoms with Gasteiger partial charge < -0.3 is 11.1 Å². The number of pyridine rings is 2. The maximum atomic E-state index is 6.02. The van der Waals surface area contributed by atoms with Gasteiger partial charge in [-0.2, -0.15) is 0 Å². The van der Waals surface area contributed by atoms with Gasteiger partial charge in [0, 0.05) is 18.0 Å². The van der Waals surface area contributed by atoms with E-state index < -0.39 is 0 Å². The number of halogens is 1. The van der Waals surface area contributed by atoms with Crippen molar-refractivity contribution in [3.05, 3.63) is 52.1 Å². The Bertz CT molecular complexity index is 756. The van der Waals surface area contributed by atoms with Crippen molar-refractivity contribution >= 4 is 39.0 Å². The smallest absolute Gasteiger partial charge is 0.128 e. The van der Waals surface area contributed by atoms with E-state index >= 15 is 0 Å². The van der Waals surface area contributed by atoms with E-state index in [0.717, 1.165) is 21.3 Å². The maximum Gasteiger partial charge on any atom is 0.128 e. The summed E-state index contributed by atoms with van der Waals surface area (Å²) in [5.41, 5.74) is 8.87. The summed E-state index contributed by atoms with van der Waals surface area (Å²) in [4.78, 5) is 8.58. The Hall–Kier alpha value is -1.69. The van der Waals surface area contributed by atoms with Crippen molar-refractivity contribution in [2.75, 3.05) is 12.8 Å². The number of fused-ring (bicyclic) bond motifs is 1. The zero-order chi connectivity index (χ0) is 14.1. The molecule has 0 aromatic carbocycles. The van der Waals surface area contributed by atoms with Gasteiger partial charge in [-0.1, -0.05) is 11.6 Å². The highest BCUT2D eigenvalue weighted by molar-refractivity contribution is 7.17. The number of hydrogen-bond acceptors (Lipinski definition) is 5. The lowest BCUT2D eigenvalue weighted by atomic mass is 10.0. The normalized spacial score (nSPS) is 12.7. The molecule has 0 spiro atoms. The van der Waals surface area contributed by atoms with E-state index in [2.05, 4.69) is 21.4 Å². The fourth-order valence-electron chi connectivity index (χ4n) is 2.22. The van der Waals surface area contributed by atoms with Crippen molar-refractivity contribution in [3.63, 3.8) is 0 Å². The van der Waals surface area contributed by atoms with Crippen LogP contribution in [0, 0.1) is 0 Å². The highest BCUT2D eigenvalue weighted by Gasteiger charge is 2.17. The van der Waals surface area contributed by atoms with Crippen LogP contribution in [-0.2, 0) is 0 Å². The highest BCUT2D eigenvalue weighted by Crippen LogP contribution is 2.29. The molecule has 3 aromatic rings. The summed E-state index contributed by atoms with van der Waals surface area (Å²) in [6.45, 7) is 0. The monoisotopic (exact) mass is 304 g/mol. The Labute approximate surface area is 125 Å². The number of nitrogens with one attached hydrogen (secondary N) is 1. The number of nitrogens with zero attached hydrogens (tertiary/aromatic N) is 2. The van der Waals surface area contributed by atoms with E-state index in [9.17, 15) is 0 Å². The van der Waals surface area contributed by atoms with E-state index in [1.54, 1.807) is 17.5 Å². The van der Waals surface area contributed by atoms with Crippen LogP contribution in [0.4, 0.5) is 5.82 Å². The molecule has 6 heteroatoms. The minimum atomic E-state index is -0.0831. The summed E-state index contributed by atoms with van der Waals surface area (Å²) in [5.74, 6) is 0.472. The second-order valence-corrected chi connectivity index (χ2v) is 5.81. The topological polar surface area (TPSA) is 63.8 Å².